The maximum absolute atomic E-state index is 12.4. The van der Waals surface area contributed by atoms with E-state index in [1.165, 1.54) is 16.7 Å². The first-order valence-electron chi connectivity index (χ1n) is 7.93. The Morgan fingerprint density at radius 3 is 2.52 bits per heavy atom. The molecule has 0 aliphatic heterocycles. The van der Waals surface area contributed by atoms with Crippen molar-refractivity contribution in [3.63, 3.8) is 0 Å². The summed E-state index contributed by atoms with van der Waals surface area (Å²) in [4.78, 5) is 14.1. The van der Waals surface area contributed by atoms with E-state index in [0.717, 1.165) is 17.7 Å². The molecule has 0 N–H and O–H groups in total. The van der Waals surface area contributed by atoms with E-state index in [1.807, 2.05) is 31.3 Å². The Labute approximate surface area is 138 Å². The van der Waals surface area contributed by atoms with E-state index >= 15 is 0 Å². The van der Waals surface area contributed by atoms with Crippen LogP contribution < -0.4 is 4.74 Å². The predicted octanol–water partition coefficient (Wildman–Crippen LogP) is 3.90. The number of para-hydroxylation sites is 1. The van der Waals surface area contributed by atoms with Crippen molar-refractivity contribution in [2.75, 3.05) is 14.2 Å². The van der Waals surface area contributed by atoms with Gasteiger partial charge in [-0.25, -0.2) is 0 Å². The summed E-state index contributed by atoms with van der Waals surface area (Å²) >= 11 is 0. The molecule has 0 aromatic heterocycles. The summed E-state index contributed by atoms with van der Waals surface area (Å²) in [6.07, 6.45) is 1.30. The number of aryl methyl sites for hydroxylation is 3. The van der Waals surface area contributed by atoms with Gasteiger partial charge < -0.3 is 9.64 Å². The predicted molar refractivity (Wildman–Crippen MR) is 93.7 cm³/mol. The zero-order chi connectivity index (χ0) is 16.8. The number of hydrogen-bond donors (Lipinski definition) is 0. The number of nitrogens with zero attached hydrogens (tertiary/aromatic N) is 1. The van der Waals surface area contributed by atoms with Crippen LogP contribution in [0.1, 0.15) is 28.7 Å². The number of methoxy groups -OCH3 is 1. The van der Waals surface area contributed by atoms with Gasteiger partial charge in [0.25, 0.3) is 0 Å². The molecule has 0 saturated heterocycles. The fraction of sp³-hybridized carbons (Fsp3) is 0.350. The number of hydrogen-bond acceptors (Lipinski definition) is 2. The summed E-state index contributed by atoms with van der Waals surface area (Å²) < 4.78 is 5.34. The highest BCUT2D eigenvalue weighted by atomic mass is 16.5. The Kier molecular flexibility index (Phi) is 5.80. The van der Waals surface area contributed by atoms with Crippen LogP contribution in [0.2, 0.25) is 0 Å². The van der Waals surface area contributed by atoms with Crippen LogP contribution in [0.5, 0.6) is 5.75 Å². The number of benzene rings is 2. The molecule has 2 aromatic rings. The minimum absolute atomic E-state index is 0.147. The molecule has 0 atom stereocenters. The van der Waals surface area contributed by atoms with Gasteiger partial charge in [-0.2, -0.15) is 0 Å². The van der Waals surface area contributed by atoms with Crippen LogP contribution in [0.15, 0.2) is 42.5 Å². The van der Waals surface area contributed by atoms with Crippen molar-refractivity contribution in [1.29, 1.82) is 0 Å². The van der Waals surface area contributed by atoms with E-state index in [-0.39, 0.29) is 5.91 Å². The minimum atomic E-state index is 0.147. The van der Waals surface area contributed by atoms with Crippen LogP contribution in [-0.2, 0) is 17.8 Å². The molecule has 23 heavy (non-hydrogen) atoms. The number of rotatable bonds is 6. The first-order valence-corrected chi connectivity index (χ1v) is 7.93. The largest absolute Gasteiger partial charge is 0.496 e. The Morgan fingerprint density at radius 2 is 1.83 bits per heavy atom. The number of amides is 1. The van der Waals surface area contributed by atoms with E-state index in [1.54, 1.807) is 12.0 Å². The summed E-state index contributed by atoms with van der Waals surface area (Å²) in [5.41, 5.74) is 4.80. The minimum Gasteiger partial charge on any atom is -0.496 e. The first kappa shape index (κ1) is 17.1. The molecule has 0 fully saturated rings. The second-order valence-corrected chi connectivity index (χ2v) is 5.98. The van der Waals surface area contributed by atoms with E-state index in [0.29, 0.717) is 13.0 Å². The number of carbonyl (C=O) groups is 1. The molecule has 0 aliphatic rings. The van der Waals surface area contributed by atoms with Gasteiger partial charge in [0.05, 0.1) is 7.11 Å². The van der Waals surface area contributed by atoms with Crippen molar-refractivity contribution in [1.82, 2.24) is 4.90 Å². The summed E-state index contributed by atoms with van der Waals surface area (Å²) in [5, 5.41) is 0. The topological polar surface area (TPSA) is 29.5 Å². The van der Waals surface area contributed by atoms with Crippen molar-refractivity contribution in [2.45, 2.75) is 33.2 Å². The highest BCUT2D eigenvalue weighted by Crippen LogP contribution is 2.19. The van der Waals surface area contributed by atoms with Gasteiger partial charge in [-0.05, 0) is 43.0 Å². The third-order valence-electron chi connectivity index (χ3n) is 4.22. The van der Waals surface area contributed by atoms with Gasteiger partial charge in [0.2, 0.25) is 5.91 Å². The van der Waals surface area contributed by atoms with Crippen LogP contribution in [0.25, 0.3) is 0 Å². The van der Waals surface area contributed by atoms with Crippen molar-refractivity contribution < 1.29 is 9.53 Å². The fourth-order valence-electron chi connectivity index (χ4n) is 2.58. The lowest BCUT2D eigenvalue weighted by molar-refractivity contribution is -0.130. The third kappa shape index (κ3) is 4.59. The number of ether oxygens (including phenoxy) is 1. The molecule has 0 spiro atoms. The van der Waals surface area contributed by atoms with Gasteiger partial charge in [-0.15, -0.1) is 0 Å². The molecule has 0 radical (unpaired) electrons. The third-order valence-corrected chi connectivity index (χ3v) is 4.22. The molecule has 0 unspecified atom stereocenters. The van der Waals surface area contributed by atoms with Crippen LogP contribution in [0, 0.1) is 13.8 Å². The summed E-state index contributed by atoms with van der Waals surface area (Å²) in [6, 6.07) is 14.2. The monoisotopic (exact) mass is 311 g/mol. The molecule has 0 bridgehead atoms. The number of carbonyl (C=O) groups excluding carboxylic acids is 1. The lowest BCUT2D eigenvalue weighted by atomic mass is 10.0. The van der Waals surface area contributed by atoms with E-state index in [2.05, 4.69) is 32.0 Å². The fourth-order valence-corrected chi connectivity index (χ4v) is 2.58. The second-order valence-electron chi connectivity index (χ2n) is 5.98. The molecule has 2 aromatic carbocycles. The van der Waals surface area contributed by atoms with E-state index in [4.69, 9.17) is 4.74 Å². The summed E-state index contributed by atoms with van der Waals surface area (Å²) in [7, 11) is 3.50. The molecule has 2 rings (SSSR count). The quantitative estimate of drug-likeness (QED) is 0.809. The molecular formula is C20H25NO2. The van der Waals surface area contributed by atoms with Crippen LogP contribution in [0.4, 0.5) is 0 Å². The second kappa shape index (κ2) is 7.82. The van der Waals surface area contributed by atoms with Crippen LogP contribution >= 0.6 is 0 Å². The Balaban J connectivity index is 1.93. The summed E-state index contributed by atoms with van der Waals surface area (Å²) in [6.45, 7) is 4.77. The van der Waals surface area contributed by atoms with Crippen molar-refractivity contribution >= 4 is 5.91 Å². The normalized spacial score (nSPS) is 10.4. The zero-order valence-electron chi connectivity index (χ0n) is 14.4. The maximum Gasteiger partial charge on any atom is 0.222 e. The average Bonchev–Trinajstić information content (AvgIpc) is 2.56. The first-order chi connectivity index (χ1) is 11.0. The Hall–Kier alpha value is -2.29. The van der Waals surface area contributed by atoms with Crippen molar-refractivity contribution in [3.8, 4) is 5.75 Å². The van der Waals surface area contributed by atoms with Gasteiger partial charge in [0.15, 0.2) is 0 Å². The van der Waals surface area contributed by atoms with Crippen molar-refractivity contribution in [3.05, 3.63) is 64.7 Å². The molecule has 122 valence electrons. The van der Waals surface area contributed by atoms with E-state index < -0.39 is 0 Å². The lowest BCUT2D eigenvalue weighted by Gasteiger charge is -2.19. The molecule has 0 saturated carbocycles. The van der Waals surface area contributed by atoms with Gasteiger partial charge in [-0.3, -0.25) is 4.79 Å². The molecule has 3 nitrogen and oxygen atoms in total. The van der Waals surface area contributed by atoms with Crippen LogP contribution in [0.3, 0.4) is 0 Å². The zero-order valence-corrected chi connectivity index (χ0v) is 14.4. The molecular weight excluding hydrogens is 286 g/mol. The molecule has 1 amide bonds. The Bertz CT molecular complexity index is 679. The van der Waals surface area contributed by atoms with Crippen molar-refractivity contribution in [2.24, 2.45) is 0 Å². The van der Waals surface area contributed by atoms with Gasteiger partial charge in [0.1, 0.15) is 5.75 Å². The molecule has 3 heteroatoms. The average molecular weight is 311 g/mol. The smallest absolute Gasteiger partial charge is 0.222 e. The highest BCUT2D eigenvalue weighted by molar-refractivity contribution is 5.76. The van der Waals surface area contributed by atoms with Gasteiger partial charge in [-0.1, -0.05) is 36.4 Å². The summed E-state index contributed by atoms with van der Waals surface area (Å²) in [5.74, 6) is 0.968. The SMILES string of the molecule is COc1ccccc1CN(C)C(=O)CCc1ccc(C)c(C)c1. The highest BCUT2D eigenvalue weighted by Gasteiger charge is 2.12. The standard InChI is InChI=1S/C20H25NO2/c1-15-9-10-17(13-16(15)2)11-12-20(22)21(3)14-18-7-5-6-8-19(18)23-4/h5-10,13H,11-12,14H2,1-4H3. The molecule has 0 heterocycles. The van der Waals surface area contributed by atoms with Gasteiger partial charge >= 0.3 is 0 Å². The maximum atomic E-state index is 12.4. The van der Waals surface area contributed by atoms with Crippen LogP contribution in [-0.4, -0.2) is 25.0 Å². The van der Waals surface area contributed by atoms with Gasteiger partial charge in [0, 0.05) is 25.6 Å². The van der Waals surface area contributed by atoms with E-state index in [9.17, 15) is 4.79 Å². The lowest BCUT2D eigenvalue weighted by Crippen LogP contribution is -2.26. The Morgan fingerprint density at radius 1 is 1.09 bits per heavy atom. The molecule has 0 aliphatic carbocycles.